The van der Waals surface area contributed by atoms with Crippen molar-refractivity contribution in [1.82, 2.24) is 4.98 Å². The second kappa shape index (κ2) is 2.45. The molecule has 64 valence electrons. The van der Waals surface area contributed by atoms with Gasteiger partial charge in [-0.3, -0.25) is 4.98 Å². The Hall–Kier alpha value is -1.09. The molecule has 1 unspecified atom stereocenters. The number of aromatic nitrogens is 1. The van der Waals surface area contributed by atoms with Crippen molar-refractivity contribution >= 4 is 0 Å². The first kappa shape index (κ1) is 7.55. The summed E-state index contributed by atoms with van der Waals surface area (Å²) in [6.07, 6.45) is 3.50. The summed E-state index contributed by atoms with van der Waals surface area (Å²) in [5.74, 6) is 0.782. The number of nitrogens with zero attached hydrogens (tertiary/aromatic N) is 1. The number of hydrogen-bond acceptors (Lipinski definition) is 3. The standard InChI is InChI=1S/C9H11NO2/c1-9(6-12-9)7-3-8(11-2)5-10-4-7/h3-5H,6H2,1-2H3. The Morgan fingerprint density at radius 2 is 2.33 bits per heavy atom. The van der Waals surface area contributed by atoms with Gasteiger partial charge in [-0.1, -0.05) is 0 Å². The van der Waals surface area contributed by atoms with Gasteiger partial charge in [-0.05, 0) is 13.0 Å². The maximum Gasteiger partial charge on any atom is 0.137 e. The van der Waals surface area contributed by atoms with Gasteiger partial charge in [0.25, 0.3) is 0 Å². The van der Waals surface area contributed by atoms with E-state index in [4.69, 9.17) is 9.47 Å². The van der Waals surface area contributed by atoms with E-state index in [1.165, 1.54) is 0 Å². The lowest BCUT2D eigenvalue weighted by molar-refractivity contribution is 0.327. The van der Waals surface area contributed by atoms with Crippen LogP contribution < -0.4 is 4.74 Å². The average molecular weight is 165 g/mol. The van der Waals surface area contributed by atoms with Crippen molar-refractivity contribution in [3.63, 3.8) is 0 Å². The molecule has 2 rings (SSSR count). The fraction of sp³-hybridized carbons (Fsp3) is 0.444. The van der Waals surface area contributed by atoms with Gasteiger partial charge in [0.15, 0.2) is 0 Å². The maximum absolute atomic E-state index is 5.29. The summed E-state index contributed by atoms with van der Waals surface area (Å²) in [6.45, 7) is 2.82. The summed E-state index contributed by atoms with van der Waals surface area (Å²) in [7, 11) is 1.64. The summed E-state index contributed by atoms with van der Waals surface area (Å²) in [6, 6.07) is 1.96. The van der Waals surface area contributed by atoms with Crippen molar-refractivity contribution in [3.8, 4) is 5.75 Å². The highest BCUT2D eigenvalue weighted by atomic mass is 16.6. The lowest BCUT2D eigenvalue weighted by Crippen LogP contribution is -2.02. The Bertz CT molecular complexity index is 294. The SMILES string of the molecule is COc1cncc(C2(C)CO2)c1. The Labute approximate surface area is 71.3 Å². The zero-order valence-corrected chi connectivity index (χ0v) is 7.20. The van der Waals surface area contributed by atoms with Gasteiger partial charge in [0.1, 0.15) is 11.4 Å². The van der Waals surface area contributed by atoms with Crippen LogP contribution in [0.1, 0.15) is 12.5 Å². The van der Waals surface area contributed by atoms with E-state index in [0.717, 1.165) is 17.9 Å². The van der Waals surface area contributed by atoms with Gasteiger partial charge in [0, 0.05) is 11.8 Å². The van der Waals surface area contributed by atoms with Gasteiger partial charge < -0.3 is 9.47 Å². The largest absolute Gasteiger partial charge is 0.495 e. The van der Waals surface area contributed by atoms with Crippen LogP contribution in [0.5, 0.6) is 5.75 Å². The molecule has 0 spiro atoms. The highest BCUT2D eigenvalue weighted by Gasteiger charge is 2.41. The molecule has 1 aliphatic rings. The average Bonchev–Trinajstić information content (AvgIpc) is 2.85. The highest BCUT2D eigenvalue weighted by molar-refractivity contribution is 5.30. The maximum atomic E-state index is 5.29. The van der Waals surface area contributed by atoms with Crippen molar-refractivity contribution in [3.05, 3.63) is 24.0 Å². The van der Waals surface area contributed by atoms with E-state index in [0.29, 0.717) is 0 Å². The number of rotatable bonds is 2. The van der Waals surface area contributed by atoms with Gasteiger partial charge in [-0.25, -0.2) is 0 Å². The predicted molar refractivity (Wildman–Crippen MR) is 44.1 cm³/mol. The van der Waals surface area contributed by atoms with Crippen molar-refractivity contribution in [2.24, 2.45) is 0 Å². The number of methoxy groups -OCH3 is 1. The van der Waals surface area contributed by atoms with E-state index in [-0.39, 0.29) is 5.60 Å². The third-order valence-electron chi connectivity index (χ3n) is 2.14. The molecule has 1 fully saturated rings. The molecule has 1 atom stereocenters. The van der Waals surface area contributed by atoms with Gasteiger partial charge in [0.05, 0.1) is 19.9 Å². The molecule has 3 heteroatoms. The summed E-state index contributed by atoms with van der Waals surface area (Å²) in [5, 5.41) is 0. The smallest absolute Gasteiger partial charge is 0.137 e. The second-order valence-electron chi connectivity index (χ2n) is 3.13. The third-order valence-corrected chi connectivity index (χ3v) is 2.14. The lowest BCUT2D eigenvalue weighted by atomic mass is 10.1. The molecule has 0 amide bonds. The Morgan fingerprint density at radius 1 is 1.58 bits per heavy atom. The van der Waals surface area contributed by atoms with Gasteiger partial charge in [-0.2, -0.15) is 0 Å². The highest BCUT2D eigenvalue weighted by Crippen LogP contribution is 2.38. The third kappa shape index (κ3) is 1.16. The first-order valence-corrected chi connectivity index (χ1v) is 3.88. The number of hydrogen-bond donors (Lipinski definition) is 0. The van der Waals surface area contributed by atoms with Crippen LogP contribution in [0.3, 0.4) is 0 Å². The van der Waals surface area contributed by atoms with Crippen LogP contribution in [0.25, 0.3) is 0 Å². The van der Waals surface area contributed by atoms with E-state index in [9.17, 15) is 0 Å². The van der Waals surface area contributed by atoms with Crippen molar-refractivity contribution in [2.45, 2.75) is 12.5 Å². The van der Waals surface area contributed by atoms with Crippen LogP contribution in [0.15, 0.2) is 18.5 Å². The first-order chi connectivity index (χ1) is 5.74. The summed E-state index contributed by atoms with van der Waals surface area (Å²) in [5.41, 5.74) is 0.975. The topological polar surface area (TPSA) is 34.6 Å². The minimum Gasteiger partial charge on any atom is -0.495 e. The number of epoxide rings is 1. The van der Waals surface area contributed by atoms with E-state index >= 15 is 0 Å². The van der Waals surface area contributed by atoms with E-state index in [1.807, 2.05) is 19.2 Å². The van der Waals surface area contributed by atoms with Crippen LogP contribution in [0, 0.1) is 0 Å². The molecule has 0 bridgehead atoms. The molecule has 0 aromatic carbocycles. The molecule has 1 aromatic rings. The molecule has 2 heterocycles. The molecule has 0 N–H and O–H groups in total. The number of ether oxygens (including phenoxy) is 2. The van der Waals surface area contributed by atoms with Crippen LogP contribution in [0.2, 0.25) is 0 Å². The Balaban J connectivity index is 2.32. The molecular formula is C9H11NO2. The van der Waals surface area contributed by atoms with Crippen molar-refractivity contribution in [1.29, 1.82) is 0 Å². The summed E-state index contributed by atoms with van der Waals surface area (Å²) in [4.78, 5) is 4.06. The molecule has 3 nitrogen and oxygen atoms in total. The van der Waals surface area contributed by atoms with Crippen LogP contribution in [-0.2, 0) is 10.3 Å². The zero-order valence-electron chi connectivity index (χ0n) is 7.20. The van der Waals surface area contributed by atoms with E-state index < -0.39 is 0 Å². The fourth-order valence-electron chi connectivity index (χ4n) is 1.09. The van der Waals surface area contributed by atoms with Crippen LogP contribution in [-0.4, -0.2) is 18.7 Å². The fourth-order valence-corrected chi connectivity index (χ4v) is 1.09. The molecule has 1 aromatic heterocycles. The van der Waals surface area contributed by atoms with Gasteiger partial charge in [0.2, 0.25) is 0 Å². The van der Waals surface area contributed by atoms with Crippen molar-refractivity contribution < 1.29 is 9.47 Å². The monoisotopic (exact) mass is 165 g/mol. The molecule has 1 aliphatic heterocycles. The molecular weight excluding hydrogens is 154 g/mol. The normalized spacial score (nSPS) is 26.8. The minimum atomic E-state index is -0.110. The molecule has 0 saturated carbocycles. The quantitative estimate of drug-likeness (QED) is 0.620. The van der Waals surface area contributed by atoms with Gasteiger partial charge >= 0.3 is 0 Å². The molecule has 12 heavy (non-hydrogen) atoms. The minimum absolute atomic E-state index is 0.110. The Morgan fingerprint density at radius 3 is 2.92 bits per heavy atom. The number of pyridine rings is 1. The first-order valence-electron chi connectivity index (χ1n) is 3.88. The lowest BCUT2D eigenvalue weighted by Gasteiger charge is -2.05. The van der Waals surface area contributed by atoms with Gasteiger partial charge in [-0.15, -0.1) is 0 Å². The summed E-state index contributed by atoms with van der Waals surface area (Å²) >= 11 is 0. The van der Waals surface area contributed by atoms with Crippen molar-refractivity contribution in [2.75, 3.05) is 13.7 Å². The summed E-state index contributed by atoms with van der Waals surface area (Å²) < 4.78 is 10.3. The second-order valence-corrected chi connectivity index (χ2v) is 3.13. The zero-order chi connectivity index (χ0) is 8.60. The molecule has 0 aliphatic carbocycles. The van der Waals surface area contributed by atoms with E-state index in [1.54, 1.807) is 13.3 Å². The Kier molecular flexibility index (Phi) is 1.54. The van der Waals surface area contributed by atoms with Crippen LogP contribution >= 0.6 is 0 Å². The van der Waals surface area contributed by atoms with E-state index in [2.05, 4.69) is 4.98 Å². The molecule has 1 saturated heterocycles. The van der Waals surface area contributed by atoms with Crippen LogP contribution in [0.4, 0.5) is 0 Å². The molecule has 0 radical (unpaired) electrons. The predicted octanol–water partition coefficient (Wildman–Crippen LogP) is 1.34.